The summed E-state index contributed by atoms with van der Waals surface area (Å²) < 4.78 is 19.5. The van der Waals surface area contributed by atoms with Gasteiger partial charge >= 0.3 is 0 Å². The van der Waals surface area contributed by atoms with E-state index in [0.717, 1.165) is 0 Å². The second-order valence-electron chi connectivity index (χ2n) is 4.20. The highest BCUT2D eigenvalue weighted by Gasteiger charge is 2.20. The van der Waals surface area contributed by atoms with E-state index in [1.165, 1.54) is 19.2 Å². The average Bonchev–Trinajstić information content (AvgIpc) is 2.43. The third kappa shape index (κ3) is 2.98. The van der Waals surface area contributed by atoms with Crippen LogP contribution in [0.1, 0.15) is 16.1 Å². The summed E-state index contributed by atoms with van der Waals surface area (Å²) >= 11 is 17.4. The minimum atomic E-state index is -0.811. The second-order valence-corrected chi connectivity index (χ2v) is 5.33. The molecule has 7 heteroatoms. The minimum Gasteiger partial charge on any atom is -0.493 e. The van der Waals surface area contributed by atoms with Gasteiger partial charge in [0, 0.05) is 5.56 Å². The highest BCUT2D eigenvalue weighted by Crippen LogP contribution is 2.37. The molecule has 0 saturated carbocycles. The Morgan fingerprint density at radius 1 is 1.33 bits per heavy atom. The Morgan fingerprint density at radius 2 is 2.00 bits per heavy atom. The van der Waals surface area contributed by atoms with Crippen LogP contribution in [0.15, 0.2) is 18.2 Å². The number of aryl methyl sites for hydroxylation is 1. The van der Waals surface area contributed by atoms with Crippen molar-refractivity contribution in [2.75, 3.05) is 7.11 Å². The normalized spacial score (nSPS) is 10.6. The number of ether oxygens (including phenoxy) is 1. The van der Waals surface area contributed by atoms with Gasteiger partial charge in [0.15, 0.2) is 11.6 Å². The summed E-state index contributed by atoms with van der Waals surface area (Å²) in [5.74, 6) is -0.564. The first kappa shape index (κ1) is 16.0. The minimum absolute atomic E-state index is 0.0307. The van der Waals surface area contributed by atoms with E-state index in [0.29, 0.717) is 5.56 Å². The summed E-state index contributed by atoms with van der Waals surface area (Å²) in [5, 5.41) is -0.720. The lowest BCUT2D eigenvalue weighted by molar-refractivity contribution is 0.107. The lowest BCUT2D eigenvalue weighted by atomic mass is 10.1. The molecule has 0 saturated heterocycles. The molecule has 0 aliphatic carbocycles. The van der Waals surface area contributed by atoms with Crippen LogP contribution in [0, 0.1) is 12.7 Å². The standard InChI is InChI=1S/C14H9Cl3FNO2/c1-6-3-4-7(11(18)13(6)21-2)12-10(16)8(15)5-9(19-12)14(17)20/h3-5H,1-2H3. The maximum Gasteiger partial charge on any atom is 0.270 e. The predicted molar refractivity (Wildman–Crippen MR) is 81.1 cm³/mol. The van der Waals surface area contributed by atoms with Gasteiger partial charge in [-0.25, -0.2) is 9.37 Å². The molecule has 0 bridgehead atoms. The van der Waals surface area contributed by atoms with Crippen molar-refractivity contribution < 1.29 is 13.9 Å². The zero-order chi connectivity index (χ0) is 15.7. The lowest BCUT2D eigenvalue weighted by Crippen LogP contribution is -2.00. The molecule has 0 unspecified atom stereocenters. The fourth-order valence-electron chi connectivity index (χ4n) is 1.86. The number of benzene rings is 1. The topological polar surface area (TPSA) is 39.2 Å². The quantitative estimate of drug-likeness (QED) is 0.741. The molecule has 2 aromatic rings. The van der Waals surface area contributed by atoms with Crippen LogP contribution < -0.4 is 4.74 Å². The highest BCUT2D eigenvalue weighted by molar-refractivity contribution is 6.67. The van der Waals surface area contributed by atoms with Crippen LogP contribution in [0.3, 0.4) is 0 Å². The van der Waals surface area contributed by atoms with E-state index in [9.17, 15) is 9.18 Å². The SMILES string of the molecule is COc1c(C)ccc(-c2nc(C(=O)Cl)cc(Cl)c2Cl)c1F. The number of pyridine rings is 1. The molecule has 0 spiro atoms. The first-order chi connectivity index (χ1) is 9.86. The van der Waals surface area contributed by atoms with Gasteiger partial charge in [-0.2, -0.15) is 0 Å². The largest absolute Gasteiger partial charge is 0.493 e. The van der Waals surface area contributed by atoms with Crippen LogP contribution in [-0.4, -0.2) is 17.3 Å². The van der Waals surface area contributed by atoms with Gasteiger partial charge in [-0.15, -0.1) is 0 Å². The molecule has 1 heterocycles. The van der Waals surface area contributed by atoms with Gasteiger partial charge in [0.25, 0.3) is 5.24 Å². The molecule has 21 heavy (non-hydrogen) atoms. The van der Waals surface area contributed by atoms with Crippen molar-refractivity contribution in [1.82, 2.24) is 4.98 Å². The number of carbonyl (C=O) groups is 1. The molecular formula is C14H9Cl3FNO2. The van der Waals surface area contributed by atoms with E-state index in [1.54, 1.807) is 13.0 Å². The third-order valence-electron chi connectivity index (χ3n) is 2.87. The molecule has 1 aromatic carbocycles. The molecule has 2 rings (SSSR count). The second kappa shape index (κ2) is 6.18. The van der Waals surface area contributed by atoms with Crippen molar-refractivity contribution in [2.45, 2.75) is 6.92 Å². The zero-order valence-electron chi connectivity index (χ0n) is 11.0. The monoisotopic (exact) mass is 347 g/mol. The Labute approximate surface area is 135 Å². The van der Waals surface area contributed by atoms with E-state index in [4.69, 9.17) is 39.5 Å². The molecule has 3 nitrogen and oxygen atoms in total. The Hall–Kier alpha value is -1.36. The number of hydrogen-bond donors (Lipinski definition) is 0. The van der Waals surface area contributed by atoms with Gasteiger partial charge in [0.2, 0.25) is 0 Å². The van der Waals surface area contributed by atoms with Crippen molar-refractivity contribution >= 4 is 40.0 Å². The van der Waals surface area contributed by atoms with Crippen LogP contribution in [0.2, 0.25) is 10.0 Å². The highest BCUT2D eigenvalue weighted by atomic mass is 35.5. The van der Waals surface area contributed by atoms with Crippen LogP contribution >= 0.6 is 34.8 Å². The van der Waals surface area contributed by atoms with Crippen LogP contribution in [-0.2, 0) is 0 Å². The predicted octanol–water partition coefficient (Wildman–Crippen LogP) is 4.89. The van der Waals surface area contributed by atoms with Crippen molar-refractivity contribution in [2.24, 2.45) is 0 Å². The maximum absolute atomic E-state index is 14.5. The number of methoxy groups -OCH3 is 1. The molecule has 1 aromatic heterocycles. The number of rotatable bonds is 3. The molecular weight excluding hydrogens is 340 g/mol. The van der Waals surface area contributed by atoms with Gasteiger partial charge in [0.1, 0.15) is 5.69 Å². The van der Waals surface area contributed by atoms with Gasteiger partial charge in [-0.1, -0.05) is 29.3 Å². The van der Waals surface area contributed by atoms with Gasteiger partial charge in [-0.3, -0.25) is 4.79 Å². The van der Waals surface area contributed by atoms with Gasteiger partial charge in [-0.05, 0) is 36.2 Å². The van der Waals surface area contributed by atoms with Crippen LogP contribution in [0.25, 0.3) is 11.3 Å². The first-order valence-corrected chi connectivity index (χ1v) is 6.89. The van der Waals surface area contributed by atoms with Crippen LogP contribution in [0.5, 0.6) is 5.75 Å². The summed E-state index contributed by atoms with van der Waals surface area (Å²) in [6, 6.07) is 4.37. The lowest BCUT2D eigenvalue weighted by Gasteiger charge is -2.12. The molecule has 0 radical (unpaired) electrons. The van der Waals surface area contributed by atoms with E-state index < -0.39 is 11.1 Å². The number of hydrogen-bond acceptors (Lipinski definition) is 3. The molecule has 0 fully saturated rings. The molecule has 0 amide bonds. The Balaban J connectivity index is 2.75. The molecule has 0 N–H and O–H groups in total. The maximum atomic E-state index is 14.5. The van der Waals surface area contributed by atoms with Crippen molar-refractivity contribution in [3.05, 3.63) is 45.3 Å². The third-order valence-corrected chi connectivity index (χ3v) is 3.84. The number of nitrogens with zero attached hydrogens (tertiary/aromatic N) is 1. The van der Waals surface area contributed by atoms with Gasteiger partial charge in [0.05, 0.1) is 22.8 Å². The fourth-order valence-corrected chi connectivity index (χ4v) is 2.35. The Bertz CT molecular complexity index is 735. The van der Waals surface area contributed by atoms with Crippen LogP contribution in [0.4, 0.5) is 4.39 Å². The zero-order valence-corrected chi connectivity index (χ0v) is 13.3. The molecule has 0 aliphatic heterocycles. The summed E-state index contributed by atoms with van der Waals surface area (Å²) in [7, 11) is 1.36. The van der Waals surface area contributed by atoms with Crippen molar-refractivity contribution in [3.63, 3.8) is 0 Å². The van der Waals surface area contributed by atoms with E-state index in [2.05, 4.69) is 4.98 Å². The van der Waals surface area contributed by atoms with E-state index >= 15 is 0 Å². The fraction of sp³-hybridized carbons (Fsp3) is 0.143. The summed E-state index contributed by atoms with van der Waals surface area (Å²) in [4.78, 5) is 15.2. The molecule has 0 aliphatic rings. The summed E-state index contributed by atoms with van der Waals surface area (Å²) in [6.07, 6.45) is 0. The van der Waals surface area contributed by atoms with Crippen molar-refractivity contribution in [3.8, 4) is 17.0 Å². The number of halogens is 4. The summed E-state index contributed by atoms with van der Waals surface area (Å²) in [6.45, 7) is 1.70. The van der Waals surface area contributed by atoms with E-state index in [1.807, 2.05) is 0 Å². The Kier molecular flexibility index (Phi) is 4.71. The number of carbonyl (C=O) groups excluding carboxylic acids is 1. The van der Waals surface area contributed by atoms with E-state index in [-0.39, 0.29) is 32.7 Å². The van der Waals surface area contributed by atoms with Gasteiger partial charge < -0.3 is 4.74 Å². The Morgan fingerprint density at radius 3 is 2.57 bits per heavy atom. The molecule has 0 atom stereocenters. The first-order valence-electron chi connectivity index (χ1n) is 5.76. The average molecular weight is 349 g/mol. The summed E-state index contributed by atoms with van der Waals surface area (Å²) in [5.41, 5.74) is 0.610. The van der Waals surface area contributed by atoms with Crippen molar-refractivity contribution in [1.29, 1.82) is 0 Å². The molecule has 110 valence electrons. The number of aromatic nitrogens is 1. The smallest absolute Gasteiger partial charge is 0.270 e.